The molecule has 0 aliphatic carbocycles. The minimum absolute atomic E-state index is 0.00775. The van der Waals surface area contributed by atoms with Gasteiger partial charge in [0.25, 0.3) is 0 Å². The van der Waals surface area contributed by atoms with Gasteiger partial charge in [0.05, 0.1) is 6.42 Å². The number of carbonyl (C=O) groups excluding carboxylic acids is 1. The van der Waals surface area contributed by atoms with Crippen molar-refractivity contribution in [3.8, 4) is 0 Å². The SMILES string of the molecule is Cc1ccc(CC(=O)OCc2cc(=O)oc3cc(C)c(Cl)cc23)cc1. The molecule has 0 saturated heterocycles. The molecule has 5 heteroatoms. The van der Waals surface area contributed by atoms with Gasteiger partial charge in [-0.05, 0) is 37.1 Å². The monoisotopic (exact) mass is 356 g/mol. The van der Waals surface area contributed by atoms with Crippen molar-refractivity contribution < 1.29 is 13.9 Å². The molecule has 1 aromatic heterocycles. The highest BCUT2D eigenvalue weighted by atomic mass is 35.5. The molecule has 0 amide bonds. The molecule has 128 valence electrons. The van der Waals surface area contributed by atoms with Crippen LogP contribution in [0, 0.1) is 13.8 Å². The van der Waals surface area contributed by atoms with Crippen LogP contribution in [0.2, 0.25) is 5.02 Å². The Morgan fingerprint density at radius 2 is 1.84 bits per heavy atom. The van der Waals surface area contributed by atoms with Gasteiger partial charge in [-0.25, -0.2) is 4.79 Å². The van der Waals surface area contributed by atoms with Gasteiger partial charge in [-0.2, -0.15) is 0 Å². The topological polar surface area (TPSA) is 56.5 Å². The highest BCUT2D eigenvalue weighted by Crippen LogP contribution is 2.25. The lowest BCUT2D eigenvalue weighted by Gasteiger charge is -2.09. The van der Waals surface area contributed by atoms with E-state index in [0.717, 1.165) is 16.7 Å². The van der Waals surface area contributed by atoms with Crippen LogP contribution in [-0.2, 0) is 22.6 Å². The van der Waals surface area contributed by atoms with Gasteiger partial charge in [-0.3, -0.25) is 4.79 Å². The van der Waals surface area contributed by atoms with Crippen LogP contribution in [0.1, 0.15) is 22.3 Å². The minimum atomic E-state index is -0.487. The van der Waals surface area contributed by atoms with Crippen molar-refractivity contribution in [1.29, 1.82) is 0 Å². The summed E-state index contributed by atoms with van der Waals surface area (Å²) in [5.74, 6) is -0.358. The third kappa shape index (κ3) is 4.09. The number of aryl methyl sites for hydroxylation is 2. The largest absolute Gasteiger partial charge is 0.461 e. The quantitative estimate of drug-likeness (QED) is 0.515. The van der Waals surface area contributed by atoms with Crippen LogP contribution in [-0.4, -0.2) is 5.97 Å². The lowest BCUT2D eigenvalue weighted by Crippen LogP contribution is -2.10. The maximum absolute atomic E-state index is 12.1. The summed E-state index contributed by atoms with van der Waals surface area (Å²) >= 11 is 6.15. The zero-order chi connectivity index (χ0) is 18.0. The van der Waals surface area contributed by atoms with Gasteiger partial charge >= 0.3 is 11.6 Å². The molecule has 0 radical (unpaired) electrons. The summed E-state index contributed by atoms with van der Waals surface area (Å²) in [5, 5.41) is 1.23. The van der Waals surface area contributed by atoms with E-state index in [0.29, 0.717) is 21.6 Å². The van der Waals surface area contributed by atoms with Crippen LogP contribution in [0.5, 0.6) is 0 Å². The molecule has 0 spiro atoms. The van der Waals surface area contributed by atoms with Crippen LogP contribution in [0.25, 0.3) is 11.0 Å². The number of fused-ring (bicyclic) bond motifs is 1. The maximum atomic E-state index is 12.1. The zero-order valence-electron chi connectivity index (χ0n) is 14.0. The van der Waals surface area contributed by atoms with Crippen molar-refractivity contribution in [1.82, 2.24) is 0 Å². The van der Waals surface area contributed by atoms with Crippen molar-refractivity contribution in [3.05, 3.63) is 80.2 Å². The molecule has 0 atom stereocenters. The van der Waals surface area contributed by atoms with E-state index in [1.807, 2.05) is 38.1 Å². The Balaban J connectivity index is 1.78. The van der Waals surface area contributed by atoms with Crippen molar-refractivity contribution in [2.24, 2.45) is 0 Å². The summed E-state index contributed by atoms with van der Waals surface area (Å²) in [4.78, 5) is 23.8. The van der Waals surface area contributed by atoms with Gasteiger partial charge < -0.3 is 9.15 Å². The van der Waals surface area contributed by atoms with E-state index < -0.39 is 5.63 Å². The minimum Gasteiger partial charge on any atom is -0.461 e. The molecule has 25 heavy (non-hydrogen) atoms. The average molecular weight is 357 g/mol. The van der Waals surface area contributed by atoms with Crippen molar-refractivity contribution >= 4 is 28.5 Å². The van der Waals surface area contributed by atoms with E-state index in [1.165, 1.54) is 6.07 Å². The number of hydrogen-bond donors (Lipinski definition) is 0. The fourth-order valence-corrected chi connectivity index (χ4v) is 2.71. The maximum Gasteiger partial charge on any atom is 0.336 e. The first-order valence-electron chi connectivity index (χ1n) is 7.86. The zero-order valence-corrected chi connectivity index (χ0v) is 14.7. The molecule has 3 rings (SSSR count). The molecule has 2 aromatic carbocycles. The van der Waals surface area contributed by atoms with Gasteiger partial charge in [0.2, 0.25) is 0 Å². The van der Waals surface area contributed by atoms with Crippen molar-refractivity contribution in [3.63, 3.8) is 0 Å². The van der Waals surface area contributed by atoms with E-state index in [1.54, 1.807) is 12.1 Å². The first-order valence-corrected chi connectivity index (χ1v) is 8.24. The molecule has 0 fully saturated rings. The standard InChI is InChI=1S/C20H17ClO4/c1-12-3-5-14(6-4-12)8-19(22)24-11-15-9-20(23)25-18-7-13(2)17(21)10-16(15)18/h3-7,9-10H,8,11H2,1-2H3. The Morgan fingerprint density at radius 1 is 1.12 bits per heavy atom. The second-order valence-corrected chi connectivity index (χ2v) is 6.42. The van der Waals surface area contributed by atoms with E-state index in [-0.39, 0.29) is 19.0 Å². The Bertz CT molecular complexity index is 987. The summed E-state index contributed by atoms with van der Waals surface area (Å²) in [5.41, 5.74) is 3.34. The lowest BCUT2D eigenvalue weighted by atomic mass is 10.1. The molecule has 0 aliphatic rings. The fraction of sp³-hybridized carbons (Fsp3) is 0.200. The Hall–Kier alpha value is -2.59. The van der Waals surface area contributed by atoms with Crippen LogP contribution in [0.3, 0.4) is 0 Å². The molecule has 3 aromatic rings. The number of ether oxygens (including phenoxy) is 1. The molecule has 0 N–H and O–H groups in total. The average Bonchev–Trinajstić information content (AvgIpc) is 2.56. The van der Waals surface area contributed by atoms with Gasteiger partial charge in [0.1, 0.15) is 12.2 Å². The summed E-state index contributed by atoms with van der Waals surface area (Å²) in [6.07, 6.45) is 0.180. The number of esters is 1. The lowest BCUT2D eigenvalue weighted by molar-refractivity contribution is -0.144. The number of hydrogen-bond acceptors (Lipinski definition) is 4. The highest BCUT2D eigenvalue weighted by molar-refractivity contribution is 6.32. The second kappa shape index (κ2) is 7.11. The summed E-state index contributed by atoms with van der Waals surface area (Å²) in [6.45, 7) is 3.81. The third-order valence-corrected chi connectivity index (χ3v) is 4.37. The first-order chi connectivity index (χ1) is 11.9. The van der Waals surface area contributed by atoms with E-state index in [2.05, 4.69) is 0 Å². The van der Waals surface area contributed by atoms with Crippen LogP contribution < -0.4 is 5.63 Å². The predicted octanol–water partition coefficient (Wildman–Crippen LogP) is 4.35. The summed E-state index contributed by atoms with van der Waals surface area (Å²) in [6, 6.07) is 12.4. The third-order valence-electron chi connectivity index (χ3n) is 3.97. The van der Waals surface area contributed by atoms with Crippen LogP contribution in [0.4, 0.5) is 0 Å². The van der Waals surface area contributed by atoms with Crippen molar-refractivity contribution in [2.45, 2.75) is 26.9 Å². The Labute approximate surface area is 150 Å². The van der Waals surface area contributed by atoms with Gasteiger partial charge in [-0.15, -0.1) is 0 Å². The number of carbonyl (C=O) groups is 1. The highest BCUT2D eigenvalue weighted by Gasteiger charge is 2.11. The van der Waals surface area contributed by atoms with E-state index in [9.17, 15) is 9.59 Å². The molecular weight excluding hydrogens is 340 g/mol. The number of benzene rings is 2. The Morgan fingerprint density at radius 3 is 2.56 bits per heavy atom. The smallest absolute Gasteiger partial charge is 0.336 e. The summed E-state index contributed by atoms with van der Waals surface area (Å²) in [7, 11) is 0. The van der Waals surface area contributed by atoms with Crippen LogP contribution >= 0.6 is 11.6 Å². The predicted molar refractivity (Wildman–Crippen MR) is 96.9 cm³/mol. The van der Waals surface area contributed by atoms with Gasteiger partial charge in [-0.1, -0.05) is 41.4 Å². The first kappa shape index (κ1) is 17.2. The van der Waals surface area contributed by atoms with E-state index >= 15 is 0 Å². The van der Waals surface area contributed by atoms with Gasteiger partial charge in [0, 0.05) is 22.0 Å². The Kier molecular flexibility index (Phi) is 4.91. The molecule has 0 bridgehead atoms. The normalized spacial score (nSPS) is 10.8. The van der Waals surface area contributed by atoms with Gasteiger partial charge in [0.15, 0.2) is 0 Å². The molecular formula is C20H17ClO4. The van der Waals surface area contributed by atoms with Crippen molar-refractivity contribution in [2.75, 3.05) is 0 Å². The number of rotatable bonds is 4. The molecule has 4 nitrogen and oxygen atoms in total. The summed E-state index contributed by atoms with van der Waals surface area (Å²) < 4.78 is 10.5. The van der Waals surface area contributed by atoms with E-state index in [4.69, 9.17) is 20.8 Å². The number of halogens is 1. The van der Waals surface area contributed by atoms with Crippen LogP contribution in [0.15, 0.2) is 51.7 Å². The molecule has 0 unspecified atom stereocenters. The molecule has 1 heterocycles. The molecule has 0 aliphatic heterocycles. The molecule has 0 saturated carbocycles. The fourth-order valence-electron chi connectivity index (χ4n) is 2.55. The second-order valence-electron chi connectivity index (χ2n) is 6.01.